The van der Waals surface area contributed by atoms with Crippen molar-refractivity contribution in [2.75, 3.05) is 11.4 Å². The Morgan fingerprint density at radius 2 is 1.74 bits per heavy atom. The van der Waals surface area contributed by atoms with Crippen molar-refractivity contribution in [3.05, 3.63) is 30.9 Å². The fourth-order valence-electron chi connectivity index (χ4n) is 2.50. The van der Waals surface area contributed by atoms with Gasteiger partial charge in [0.1, 0.15) is 0 Å². The largest absolute Gasteiger partial charge is 0.336 e. The quantitative estimate of drug-likeness (QED) is 0.824. The van der Waals surface area contributed by atoms with E-state index >= 15 is 0 Å². The van der Waals surface area contributed by atoms with Crippen molar-refractivity contribution in [2.45, 2.75) is 32.2 Å². The van der Waals surface area contributed by atoms with Crippen LogP contribution < -0.4 is 4.90 Å². The Morgan fingerprint density at radius 3 is 2.32 bits per heavy atom. The van der Waals surface area contributed by atoms with Gasteiger partial charge in [-0.1, -0.05) is 0 Å². The molecule has 5 nitrogen and oxygen atoms in total. The van der Waals surface area contributed by atoms with Crippen molar-refractivity contribution in [2.24, 2.45) is 0 Å². The second-order valence-electron chi connectivity index (χ2n) is 5.41. The highest BCUT2D eigenvalue weighted by Gasteiger charge is 2.33. The first kappa shape index (κ1) is 12.0. The summed E-state index contributed by atoms with van der Waals surface area (Å²) >= 11 is 0. The standard InChI is InChI=1S/C14H17N5/c1-14(2)5-3-8-19(14)13-17-9-11(10-18-13)12-15-6-4-7-16-12/h4,6-7,9-10H,3,5,8H2,1-2H3. The molecule has 3 rings (SSSR count). The molecular formula is C14H17N5. The van der Waals surface area contributed by atoms with Crippen LogP contribution in [0.1, 0.15) is 26.7 Å². The summed E-state index contributed by atoms with van der Waals surface area (Å²) in [6, 6.07) is 1.80. The van der Waals surface area contributed by atoms with Crippen LogP contribution in [0.4, 0.5) is 5.95 Å². The number of hydrogen-bond acceptors (Lipinski definition) is 5. The molecule has 0 spiro atoms. The van der Waals surface area contributed by atoms with Crippen molar-refractivity contribution in [1.82, 2.24) is 19.9 Å². The number of rotatable bonds is 2. The molecule has 1 fully saturated rings. The maximum absolute atomic E-state index is 4.47. The zero-order valence-electron chi connectivity index (χ0n) is 11.2. The maximum Gasteiger partial charge on any atom is 0.225 e. The van der Waals surface area contributed by atoms with Crippen molar-refractivity contribution in [3.8, 4) is 11.4 Å². The number of anilines is 1. The van der Waals surface area contributed by atoms with Crippen molar-refractivity contribution >= 4 is 5.95 Å². The average Bonchev–Trinajstić information content (AvgIpc) is 2.80. The first-order valence-electron chi connectivity index (χ1n) is 6.54. The molecular weight excluding hydrogens is 238 g/mol. The molecule has 3 heterocycles. The molecule has 0 aliphatic carbocycles. The van der Waals surface area contributed by atoms with E-state index in [-0.39, 0.29) is 5.54 Å². The van der Waals surface area contributed by atoms with Gasteiger partial charge in [-0.05, 0) is 32.8 Å². The van der Waals surface area contributed by atoms with Crippen LogP contribution in [0.25, 0.3) is 11.4 Å². The summed E-state index contributed by atoms with van der Waals surface area (Å²) in [4.78, 5) is 19.6. The van der Waals surface area contributed by atoms with Gasteiger partial charge < -0.3 is 4.90 Å². The lowest BCUT2D eigenvalue weighted by Crippen LogP contribution is -2.39. The SMILES string of the molecule is CC1(C)CCCN1c1ncc(-c2ncccn2)cn1. The number of hydrogen-bond donors (Lipinski definition) is 0. The molecule has 0 bridgehead atoms. The number of aromatic nitrogens is 4. The Morgan fingerprint density at radius 1 is 1.05 bits per heavy atom. The van der Waals surface area contributed by atoms with Gasteiger partial charge in [-0.15, -0.1) is 0 Å². The lowest BCUT2D eigenvalue weighted by atomic mass is 10.0. The molecule has 2 aromatic heterocycles. The summed E-state index contributed by atoms with van der Waals surface area (Å²) in [5.41, 5.74) is 0.992. The summed E-state index contributed by atoms with van der Waals surface area (Å²) in [5, 5.41) is 0. The van der Waals surface area contributed by atoms with Gasteiger partial charge >= 0.3 is 0 Å². The molecule has 5 heteroatoms. The average molecular weight is 255 g/mol. The van der Waals surface area contributed by atoms with E-state index in [1.807, 2.05) is 0 Å². The van der Waals surface area contributed by atoms with Gasteiger partial charge in [0.2, 0.25) is 5.95 Å². The lowest BCUT2D eigenvalue weighted by molar-refractivity contribution is 0.510. The summed E-state index contributed by atoms with van der Waals surface area (Å²) in [6.45, 7) is 5.49. The molecule has 0 radical (unpaired) electrons. The van der Waals surface area contributed by atoms with E-state index in [0.29, 0.717) is 5.82 Å². The van der Waals surface area contributed by atoms with E-state index in [4.69, 9.17) is 0 Å². The van der Waals surface area contributed by atoms with E-state index in [0.717, 1.165) is 18.1 Å². The van der Waals surface area contributed by atoms with Crippen LogP contribution in [0.15, 0.2) is 30.9 Å². The Hall–Kier alpha value is -2.04. The normalized spacial score (nSPS) is 17.7. The van der Waals surface area contributed by atoms with Gasteiger partial charge in [0.05, 0.1) is 5.56 Å². The number of nitrogens with zero attached hydrogens (tertiary/aromatic N) is 5. The lowest BCUT2D eigenvalue weighted by Gasteiger charge is -2.31. The van der Waals surface area contributed by atoms with Gasteiger partial charge in [0.15, 0.2) is 5.82 Å². The van der Waals surface area contributed by atoms with E-state index in [2.05, 4.69) is 38.7 Å². The van der Waals surface area contributed by atoms with Crippen LogP contribution in [0.5, 0.6) is 0 Å². The van der Waals surface area contributed by atoms with Gasteiger partial charge in [0.25, 0.3) is 0 Å². The van der Waals surface area contributed by atoms with Crippen LogP contribution in [0.2, 0.25) is 0 Å². The summed E-state index contributed by atoms with van der Waals surface area (Å²) in [6.07, 6.45) is 9.41. The molecule has 0 amide bonds. The molecule has 0 aromatic carbocycles. The Bertz CT molecular complexity index is 550. The zero-order chi connectivity index (χ0) is 13.3. The van der Waals surface area contributed by atoms with Gasteiger partial charge in [0, 0.05) is 36.9 Å². The van der Waals surface area contributed by atoms with Crippen molar-refractivity contribution in [1.29, 1.82) is 0 Å². The minimum absolute atomic E-state index is 0.144. The molecule has 0 N–H and O–H groups in total. The van der Waals surface area contributed by atoms with Gasteiger partial charge in [-0.25, -0.2) is 19.9 Å². The molecule has 0 unspecified atom stereocenters. The van der Waals surface area contributed by atoms with E-state index in [1.54, 1.807) is 30.9 Å². The molecule has 1 aliphatic rings. The van der Waals surface area contributed by atoms with Gasteiger partial charge in [-0.2, -0.15) is 0 Å². The molecule has 1 saturated heterocycles. The topological polar surface area (TPSA) is 54.8 Å². The summed E-state index contributed by atoms with van der Waals surface area (Å²) in [5.74, 6) is 1.46. The Balaban J connectivity index is 1.88. The van der Waals surface area contributed by atoms with Crippen LogP contribution >= 0.6 is 0 Å². The third-order valence-corrected chi connectivity index (χ3v) is 3.60. The van der Waals surface area contributed by atoms with E-state index < -0.39 is 0 Å². The van der Waals surface area contributed by atoms with Crippen molar-refractivity contribution in [3.63, 3.8) is 0 Å². The molecule has 2 aromatic rings. The van der Waals surface area contributed by atoms with Gasteiger partial charge in [-0.3, -0.25) is 0 Å². The smallest absolute Gasteiger partial charge is 0.225 e. The highest BCUT2D eigenvalue weighted by atomic mass is 15.3. The minimum atomic E-state index is 0.144. The molecule has 0 saturated carbocycles. The first-order valence-corrected chi connectivity index (χ1v) is 6.54. The molecule has 1 aliphatic heterocycles. The van der Waals surface area contributed by atoms with Crippen LogP contribution in [0.3, 0.4) is 0 Å². The van der Waals surface area contributed by atoms with Crippen molar-refractivity contribution < 1.29 is 0 Å². The first-order chi connectivity index (χ1) is 9.17. The monoisotopic (exact) mass is 255 g/mol. The zero-order valence-corrected chi connectivity index (χ0v) is 11.2. The third-order valence-electron chi connectivity index (χ3n) is 3.60. The second kappa shape index (κ2) is 4.57. The Kier molecular flexibility index (Phi) is 2.89. The second-order valence-corrected chi connectivity index (χ2v) is 5.41. The van der Waals surface area contributed by atoms with Crippen LogP contribution in [-0.2, 0) is 0 Å². The maximum atomic E-state index is 4.47. The molecule has 19 heavy (non-hydrogen) atoms. The highest BCUT2D eigenvalue weighted by Crippen LogP contribution is 2.31. The van der Waals surface area contributed by atoms with E-state index in [9.17, 15) is 0 Å². The van der Waals surface area contributed by atoms with Crippen LogP contribution in [0, 0.1) is 0 Å². The minimum Gasteiger partial charge on any atom is -0.336 e. The molecule has 98 valence electrons. The predicted octanol–water partition coefficient (Wildman–Crippen LogP) is 2.31. The predicted molar refractivity (Wildman–Crippen MR) is 73.7 cm³/mol. The highest BCUT2D eigenvalue weighted by molar-refractivity contribution is 5.53. The van der Waals surface area contributed by atoms with Crippen LogP contribution in [-0.4, -0.2) is 32.0 Å². The summed E-state index contributed by atoms with van der Waals surface area (Å²) < 4.78 is 0. The fourth-order valence-corrected chi connectivity index (χ4v) is 2.50. The Labute approximate surface area is 112 Å². The summed E-state index contributed by atoms with van der Waals surface area (Å²) in [7, 11) is 0. The fraction of sp³-hybridized carbons (Fsp3) is 0.429. The third kappa shape index (κ3) is 2.28. The molecule has 0 atom stereocenters. The van der Waals surface area contributed by atoms with E-state index in [1.165, 1.54) is 12.8 Å².